The van der Waals surface area contributed by atoms with Crippen LogP contribution in [0, 0.1) is 5.41 Å². The van der Waals surface area contributed by atoms with Gasteiger partial charge in [0.2, 0.25) is 0 Å². The summed E-state index contributed by atoms with van der Waals surface area (Å²) in [5, 5.41) is 0. The number of nitrogens with two attached hydrogens (primary N) is 1. The van der Waals surface area contributed by atoms with Crippen molar-refractivity contribution in [2.24, 2.45) is 11.1 Å². The lowest BCUT2D eigenvalue weighted by Crippen LogP contribution is -2.04. The minimum atomic E-state index is -0.139. The minimum absolute atomic E-state index is 0.139. The third-order valence-corrected chi connectivity index (χ3v) is 0.354. The van der Waals surface area contributed by atoms with Gasteiger partial charge in [-0.15, -0.1) is 0 Å². The third kappa shape index (κ3) is 121. The van der Waals surface area contributed by atoms with Crippen LogP contribution in [-0.2, 0) is 9.59 Å². The largest absolute Gasteiger partial charge is 0.331 e. The zero-order valence-corrected chi connectivity index (χ0v) is 8.76. The Labute approximate surface area is 75.3 Å². The molecule has 0 atom stereocenters. The molecule has 0 bridgehead atoms. The lowest BCUT2D eigenvalue weighted by atomic mass is 10.0. The summed E-state index contributed by atoms with van der Waals surface area (Å²) < 4.78 is 0. The molecule has 0 aromatic rings. The molecule has 0 heterocycles. The van der Waals surface area contributed by atoms with Crippen LogP contribution in [0.2, 0.25) is 0 Å². The van der Waals surface area contributed by atoms with E-state index in [0.29, 0.717) is 0 Å². The molecule has 0 aliphatic carbocycles. The van der Waals surface area contributed by atoms with Gasteiger partial charge in [-0.25, -0.2) is 0 Å². The van der Waals surface area contributed by atoms with E-state index < -0.39 is 0 Å². The summed E-state index contributed by atoms with van der Waals surface area (Å²) in [6.07, 6.45) is 1.69. The van der Waals surface area contributed by atoms with Crippen molar-refractivity contribution < 1.29 is 9.59 Å². The monoisotopic (exact) mass is 175 g/mol. The highest BCUT2D eigenvalue weighted by atomic mass is 16.1. The van der Waals surface area contributed by atoms with Gasteiger partial charge in [-0.1, -0.05) is 27.7 Å². The van der Waals surface area contributed by atoms with Crippen LogP contribution >= 0.6 is 0 Å². The highest BCUT2D eigenvalue weighted by molar-refractivity contribution is 5.56. The molecule has 0 amide bonds. The predicted molar refractivity (Wildman–Crippen MR) is 52.0 cm³/mol. The van der Waals surface area contributed by atoms with Crippen LogP contribution in [0.3, 0.4) is 0 Å². The normalized spacial score (nSPS) is 8.17. The molecule has 0 spiro atoms. The van der Waals surface area contributed by atoms with E-state index in [0.717, 1.165) is 19.1 Å². The number of hydrogen-bond donors (Lipinski definition) is 1. The van der Waals surface area contributed by atoms with Crippen molar-refractivity contribution in [2.75, 3.05) is 6.54 Å². The van der Waals surface area contributed by atoms with Crippen molar-refractivity contribution in [3.05, 3.63) is 0 Å². The summed E-state index contributed by atoms with van der Waals surface area (Å²) in [5.74, 6) is 0. The van der Waals surface area contributed by atoms with Gasteiger partial charge in [-0.05, 0) is 13.5 Å². The van der Waals surface area contributed by atoms with Crippen molar-refractivity contribution in [1.82, 2.24) is 0 Å². The maximum Gasteiger partial charge on any atom is 0.125 e. The van der Waals surface area contributed by atoms with Gasteiger partial charge in [0.15, 0.2) is 0 Å². The molecule has 0 aliphatic rings. The molecule has 12 heavy (non-hydrogen) atoms. The quantitative estimate of drug-likeness (QED) is 0.566. The standard InChI is InChI=1S/C5H10O.C2H7N.C2H4O/c1-5(2,3)4-6;2*1-2-3/h4H,1-3H3;2-3H2,1H3;2H,1H3. The molecule has 0 rings (SSSR count). The maximum absolute atomic E-state index is 9.83. The van der Waals surface area contributed by atoms with Crippen LogP contribution in [0.4, 0.5) is 0 Å². The number of carbonyl (C=O) groups excluding carboxylic acids is 2. The van der Waals surface area contributed by atoms with Crippen molar-refractivity contribution in [2.45, 2.75) is 34.6 Å². The molecule has 3 heteroatoms. The molecule has 0 saturated heterocycles. The molecular formula is C9H21NO2. The molecule has 2 N–H and O–H groups in total. The Bertz CT molecular complexity index is 95.2. The van der Waals surface area contributed by atoms with Gasteiger partial charge in [0.25, 0.3) is 0 Å². The first-order chi connectivity index (χ1) is 5.39. The second-order valence-electron chi connectivity index (χ2n) is 3.13. The fraction of sp³-hybridized carbons (Fsp3) is 0.778. The Hall–Kier alpha value is -0.700. The van der Waals surface area contributed by atoms with Crippen molar-refractivity contribution in [3.8, 4) is 0 Å². The van der Waals surface area contributed by atoms with Gasteiger partial charge in [-0.3, -0.25) is 0 Å². The fourth-order valence-corrected chi connectivity index (χ4v) is 0. The summed E-state index contributed by atoms with van der Waals surface area (Å²) in [6, 6.07) is 0. The summed E-state index contributed by atoms with van der Waals surface area (Å²) in [4.78, 5) is 18.6. The molecule has 3 nitrogen and oxygen atoms in total. The molecule has 0 saturated carbocycles. The molecule has 0 aromatic heterocycles. The van der Waals surface area contributed by atoms with Crippen molar-refractivity contribution in [1.29, 1.82) is 0 Å². The molecule has 0 radical (unpaired) electrons. The maximum atomic E-state index is 9.83. The molecule has 0 aromatic carbocycles. The van der Waals surface area contributed by atoms with Gasteiger partial charge in [0.1, 0.15) is 12.6 Å². The zero-order valence-electron chi connectivity index (χ0n) is 8.76. The van der Waals surface area contributed by atoms with E-state index in [4.69, 9.17) is 10.5 Å². The second-order valence-corrected chi connectivity index (χ2v) is 3.13. The van der Waals surface area contributed by atoms with Crippen molar-refractivity contribution in [3.63, 3.8) is 0 Å². The first-order valence-corrected chi connectivity index (χ1v) is 3.95. The Morgan fingerprint density at radius 1 is 1.25 bits per heavy atom. The van der Waals surface area contributed by atoms with E-state index in [1.807, 2.05) is 27.7 Å². The Kier molecular flexibility index (Phi) is 18.8. The summed E-state index contributed by atoms with van der Waals surface area (Å²) in [5.41, 5.74) is 4.71. The van der Waals surface area contributed by atoms with Crippen LogP contribution < -0.4 is 5.73 Å². The molecule has 0 aliphatic heterocycles. The Balaban J connectivity index is -0.000000115. The lowest BCUT2D eigenvalue weighted by Gasteiger charge is -2.03. The summed E-state index contributed by atoms with van der Waals surface area (Å²) >= 11 is 0. The minimum Gasteiger partial charge on any atom is -0.331 e. The van der Waals surface area contributed by atoms with Crippen LogP contribution in [0.5, 0.6) is 0 Å². The van der Waals surface area contributed by atoms with E-state index in [1.165, 1.54) is 6.92 Å². The second kappa shape index (κ2) is 12.9. The Morgan fingerprint density at radius 3 is 1.33 bits per heavy atom. The van der Waals surface area contributed by atoms with Crippen LogP contribution in [0.15, 0.2) is 0 Å². The molecule has 0 fully saturated rings. The van der Waals surface area contributed by atoms with E-state index in [2.05, 4.69) is 0 Å². The number of rotatable bonds is 0. The molecular weight excluding hydrogens is 154 g/mol. The average Bonchev–Trinajstić information content (AvgIpc) is 1.90. The first-order valence-electron chi connectivity index (χ1n) is 3.95. The summed E-state index contributed by atoms with van der Waals surface area (Å²) in [6.45, 7) is 9.72. The van der Waals surface area contributed by atoms with Crippen LogP contribution in [0.1, 0.15) is 34.6 Å². The highest BCUT2D eigenvalue weighted by Crippen LogP contribution is 2.05. The van der Waals surface area contributed by atoms with Gasteiger partial charge >= 0.3 is 0 Å². The van der Waals surface area contributed by atoms with Gasteiger partial charge in [0, 0.05) is 5.41 Å². The van der Waals surface area contributed by atoms with Crippen molar-refractivity contribution >= 4 is 12.6 Å². The first kappa shape index (κ1) is 17.4. The van der Waals surface area contributed by atoms with E-state index in [-0.39, 0.29) is 5.41 Å². The lowest BCUT2D eigenvalue weighted by molar-refractivity contribution is -0.114. The Morgan fingerprint density at radius 2 is 1.33 bits per heavy atom. The fourth-order valence-electron chi connectivity index (χ4n) is 0. The van der Waals surface area contributed by atoms with E-state index >= 15 is 0 Å². The number of hydrogen-bond acceptors (Lipinski definition) is 3. The van der Waals surface area contributed by atoms with Gasteiger partial charge in [-0.2, -0.15) is 0 Å². The SMILES string of the molecule is CC(C)(C)C=O.CC=O.CCN. The number of carbonyl (C=O) groups is 2. The third-order valence-electron chi connectivity index (χ3n) is 0.354. The topological polar surface area (TPSA) is 60.2 Å². The van der Waals surface area contributed by atoms with Gasteiger partial charge in [0.05, 0.1) is 0 Å². The average molecular weight is 175 g/mol. The summed E-state index contributed by atoms with van der Waals surface area (Å²) in [7, 11) is 0. The van der Waals surface area contributed by atoms with E-state index in [1.54, 1.807) is 0 Å². The zero-order chi connectivity index (χ0) is 10.6. The van der Waals surface area contributed by atoms with Crippen LogP contribution in [-0.4, -0.2) is 19.1 Å². The smallest absolute Gasteiger partial charge is 0.125 e. The number of aldehydes is 2. The predicted octanol–water partition coefficient (Wildman–Crippen LogP) is 1.40. The van der Waals surface area contributed by atoms with Crippen LogP contribution in [0.25, 0.3) is 0 Å². The molecule has 74 valence electrons. The van der Waals surface area contributed by atoms with Gasteiger partial charge < -0.3 is 15.3 Å². The van der Waals surface area contributed by atoms with E-state index in [9.17, 15) is 4.79 Å². The highest BCUT2D eigenvalue weighted by Gasteiger charge is 2.04. The molecule has 0 unspecified atom stereocenters.